The zero-order valence-electron chi connectivity index (χ0n) is 13.4. The molecule has 0 aromatic heterocycles. The third kappa shape index (κ3) is 4.30. The van der Waals surface area contributed by atoms with Gasteiger partial charge < -0.3 is 20.5 Å². The Morgan fingerprint density at radius 1 is 1.30 bits per heavy atom. The highest BCUT2D eigenvalue weighted by atomic mass is 35.5. The van der Waals surface area contributed by atoms with Crippen LogP contribution in [0.3, 0.4) is 0 Å². The third-order valence-electron chi connectivity index (χ3n) is 4.69. The number of hydrogen-bond acceptors (Lipinski definition) is 4. The summed E-state index contributed by atoms with van der Waals surface area (Å²) in [5.74, 6) is 1.90. The summed E-state index contributed by atoms with van der Waals surface area (Å²) in [7, 11) is 0. The van der Waals surface area contributed by atoms with Crippen molar-refractivity contribution in [3.05, 3.63) is 23.8 Å². The predicted molar refractivity (Wildman–Crippen MR) is 90.9 cm³/mol. The highest BCUT2D eigenvalue weighted by molar-refractivity contribution is 5.85. The molecule has 1 aliphatic heterocycles. The first kappa shape index (κ1) is 17.9. The van der Waals surface area contributed by atoms with Gasteiger partial charge in [0.15, 0.2) is 11.5 Å². The molecule has 1 aromatic carbocycles. The van der Waals surface area contributed by atoms with E-state index in [1.165, 1.54) is 12.8 Å². The Bertz CT molecular complexity index is 553. The van der Waals surface area contributed by atoms with Crippen molar-refractivity contribution in [2.45, 2.75) is 51.1 Å². The molecule has 1 aliphatic carbocycles. The van der Waals surface area contributed by atoms with Gasteiger partial charge in [-0.05, 0) is 43.4 Å². The van der Waals surface area contributed by atoms with Gasteiger partial charge in [0.25, 0.3) is 0 Å². The first-order valence-electron chi connectivity index (χ1n) is 8.08. The van der Waals surface area contributed by atoms with Crippen LogP contribution in [0.15, 0.2) is 18.2 Å². The number of carbonyl (C=O) groups excluding carboxylic acids is 1. The van der Waals surface area contributed by atoms with E-state index in [4.69, 9.17) is 15.2 Å². The molecule has 6 heteroatoms. The SMILES string of the molecule is CC(NC(=O)CC1CCCCC1N)c1ccc2c(c1)OCO2.Cl. The van der Waals surface area contributed by atoms with Gasteiger partial charge in [-0.2, -0.15) is 0 Å². The lowest BCUT2D eigenvalue weighted by atomic mass is 9.83. The maximum Gasteiger partial charge on any atom is 0.231 e. The van der Waals surface area contributed by atoms with Crippen molar-refractivity contribution in [3.8, 4) is 11.5 Å². The molecule has 0 saturated heterocycles. The molecule has 1 heterocycles. The molecule has 2 aliphatic rings. The molecule has 1 saturated carbocycles. The standard InChI is InChI=1S/C17H24N2O3.ClH/c1-11(12-6-7-15-16(8-12)22-10-21-15)19-17(20)9-13-4-2-3-5-14(13)18;/h6-8,11,13-14H,2-5,9-10,18H2,1H3,(H,19,20);1H. The zero-order valence-corrected chi connectivity index (χ0v) is 14.2. The summed E-state index contributed by atoms with van der Waals surface area (Å²) in [6.45, 7) is 2.25. The smallest absolute Gasteiger partial charge is 0.231 e. The number of carbonyl (C=O) groups is 1. The lowest BCUT2D eigenvalue weighted by molar-refractivity contribution is -0.123. The van der Waals surface area contributed by atoms with Gasteiger partial charge in [-0.3, -0.25) is 4.79 Å². The van der Waals surface area contributed by atoms with Crippen LogP contribution >= 0.6 is 12.4 Å². The number of nitrogens with two attached hydrogens (primary N) is 1. The zero-order chi connectivity index (χ0) is 15.5. The first-order chi connectivity index (χ1) is 10.6. The van der Waals surface area contributed by atoms with E-state index in [1.807, 2.05) is 25.1 Å². The fraction of sp³-hybridized carbons (Fsp3) is 0.588. The van der Waals surface area contributed by atoms with Crippen LogP contribution in [0.1, 0.15) is 50.6 Å². The van der Waals surface area contributed by atoms with Crippen LogP contribution in [0.25, 0.3) is 0 Å². The van der Waals surface area contributed by atoms with Gasteiger partial charge in [-0.25, -0.2) is 0 Å². The Labute approximate surface area is 143 Å². The van der Waals surface area contributed by atoms with Crippen molar-refractivity contribution in [1.29, 1.82) is 0 Å². The van der Waals surface area contributed by atoms with E-state index in [1.54, 1.807) is 0 Å². The third-order valence-corrected chi connectivity index (χ3v) is 4.69. The van der Waals surface area contributed by atoms with E-state index in [0.29, 0.717) is 12.3 Å². The van der Waals surface area contributed by atoms with Crippen LogP contribution in [0.2, 0.25) is 0 Å². The Hall–Kier alpha value is -1.46. The van der Waals surface area contributed by atoms with Gasteiger partial charge in [-0.1, -0.05) is 18.9 Å². The summed E-state index contributed by atoms with van der Waals surface area (Å²) in [6.07, 6.45) is 4.99. The molecule has 3 atom stereocenters. The number of rotatable bonds is 4. The second kappa shape index (κ2) is 7.88. The number of benzene rings is 1. The molecular weight excluding hydrogens is 316 g/mol. The average Bonchev–Trinajstić information content (AvgIpc) is 2.97. The Kier molecular flexibility index (Phi) is 6.13. The number of nitrogens with one attached hydrogen (secondary N) is 1. The molecule has 0 spiro atoms. The van der Waals surface area contributed by atoms with E-state index < -0.39 is 0 Å². The second-order valence-electron chi connectivity index (χ2n) is 6.31. The number of ether oxygens (including phenoxy) is 2. The van der Waals surface area contributed by atoms with Crippen molar-refractivity contribution in [2.75, 3.05) is 6.79 Å². The summed E-state index contributed by atoms with van der Waals surface area (Å²) in [5.41, 5.74) is 7.14. The Morgan fingerprint density at radius 2 is 2.04 bits per heavy atom. The molecule has 3 rings (SSSR count). The molecular formula is C17H25ClN2O3. The van der Waals surface area contributed by atoms with Crippen molar-refractivity contribution >= 4 is 18.3 Å². The van der Waals surface area contributed by atoms with Gasteiger partial charge in [0.2, 0.25) is 12.7 Å². The molecule has 23 heavy (non-hydrogen) atoms. The van der Waals surface area contributed by atoms with E-state index >= 15 is 0 Å². The minimum absolute atomic E-state index is 0. The number of halogens is 1. The van der Waals surface area contributed by atoms with Crippen molar-refractivity contribution in [1.82, 2.24) is 5.32 Å². The lowest BCUT2D eigenvalue weighted by Gasteiger charge is -2.28. The maximum atomic E-state index is 12.3. The molecule has 3 unspecified atom stereocenters. The minimum atomic E-state index is -0.0539. The average molecular weight is 341 g/mol. The van der Waals surface area contributed by atoms with Crippen molar-refractivity contribution < 1.29 is 14.3 Å². The molecule has 1 aromatic rings. The lowest BCUT2D eigenvalue weighted by Crippen LogP contribution is -2.37. The molecule has 1 fully saturated rings. The number of amides is 1. The van der Waals surface area contributed by atoms with E-state index in [0.717, 1.165) is 29.9 Å². The van der Waals surface area contributed by atoms with Crippen molar-refractivity contribution in [2.24, 2.45) is 11.7 Å². The second-order valence-corrected chi connectivity index (χ2v) is 6.31. The molecule has 128 valence electrons. The van der Waals surface area contributed by atoms with Crippen LogP contribution in [0, 0.1) is 5.92 Å². The number of fused-ring (bicyclic) bond motifs is 1. The summed E-state index contributed by atoms with van der Waals surface area (Å²) in [6, 6.07) is 5.89. The van der Waals surface area contributed by atoms with Crippen LogP contribution < -0.4 is 20.5 Å². The predicted octanol–water partition coefficient (Wildman–Crippen LogP) is 2.92. The molecule has 0 radical (unpaired) electrons. The largest absolute Gasteiger partial charge is 0.454 e. The van der Waals surface area contributed by atoms with Gasteiger partial charge in [0, 0.05) is 12.5 Å². The first-order valence-corrected chi connectivity index (χ1v) is 8.08. The van der Waals surface area contributed by atoms with Gasteiger partial charge in [0.1, 0.15) is 0 Å². The summed E-state index contributed by atoms with van der Waals surface area (Å²) in [4.78, 5) is 12.3. The normalized spacial score (nSPS) is 23.7. The molecule has 3 N–H and O–H groups in total. The summed E-state index contributed by atoms with van der Waals surface area (Å²) >= 11 is 0. The van der Waals surface area contributed by atoms with Crippen LogP contribution in [0.5, 0.6) is 11.5 Å². The van der Waals surface area contributed by atoms with Crippen LogP contribution in [-0.2, 0) is 4.79 Å². The fourth-order valence-corrected chi connectivity index (χ4v) is 3.29. The topological polar surface area (TPSA) is 73.6 Å². The van der Waals surface area contributed by atoms with Gasteiger partial charge in [-0.15, -0.1) is 12.4 Å². The van der Waals surface area contributed by atoms with Crippen LogP contribution in [0.4, 0.5) is 0 Å². The maximum absolute atomic E-state index is 12.3. The van der Waals surface area contributed by atoms with Gasteiger partial charge in [0.05, 0.1) is 6.04 Å². The number of hydrogen-bond donors (Lipinski definition) is 2. The Morgan fingerprint density at radius 3 is 2.83 bits per heavy atom. The van der Waals surface area contributed by atoms with Gasteiger partial charge >= 0.3 is 0 Å². The fourth-order valence-electron chi connectivity index (χ4n) is 3.29. The molecule has 5 nitrogen and oxygen atoms in total. The summed E-state index contributed by atoms with van der Waals surface area (Å²) < 4.78 is 10.7. The Balaban J connectivity index is 0.00000192. The van der Waals surface area contributed by atoms with Crippen LogP contribution in [-0.4, -0.2) is 18.7 Å². The quantitative estimate of drug-likeness (QED) is 0.883. The highest BCUT2D eigenvalue weighted by Gasteiger charge is 2.25. The molecule has 1 amide bonds. The monoisotopic (exact) mass is 340 g/mol. The van der Waals surface area contributed by atoms with E-state index in [2.05, 4.69) is 5.32 Å². The molecule has 0 bridgehead atoms. The summed E-state index contributed by atoms with van der Waals surface area (Å²) in [5, 5.41) is 3.06. The van der Waals surface area contributed by atoms with Crippen molar-refractivity contribution in [3.63, 3.8) is 0 Å². The highest BCUT2D eigenvalue weighted by Crippen LogP contribution is 2.34. The minimum Gasteiger partial charge on any atom is -0.454 e. The van der Waals surface area contributed by atoms with E-state index in [9.17, 15) is 4.79 Å². The van der Waals surface area contributed by atoms with E-state index in [-0.39, 0.29) is 37.2 Å².